The molecule has 1 amide bonds. The second kappa shape index (κ2) is 5.66. The van der Waals surface area contributed by atoms with Crippen LogP contribution >= 0.6 is 11.8 Å². The molecule has 1 aromatic rings. The zero-order valence-corrected chi connectivity index (χ0v) is 10.0. The highest BCUT2D eigenvalue weighted by atomic mass is 32.2. The van der Waals surface area contributed by atoms with Crippen molar-refractivity contribution in [3.8, 4) is 0 Å². The highest BCUT2D eigenvalue weighted by Crippen LogP contribution is 2.19. The minimum absolute atomic E-state index is 0.325. The van der Waals surface area contributed by atoms with Gasteiger partial charge in [-0.05, 0) is 37.4 Å². The second-order valence-electron chi connectivity index (χ2n) is 2.96. The van der Waals surface area contributed by atoms with E-state index in [1.54, 1.807) is 25.7 Å². The van der Waals surface area contributed by atoms with Gasteiger partial charge in [-0.15, -0.1) is 11.8 Å². The van der Waals surface area contributed by atoms with Gasteiger partial charge in [0.2, 0.25) is 0 Å². The number of amides is 1. The predicted molar refractivity (Wildman–Crippen MR) is 63.6 cm³/mol. The zero-order valence-electron chi connectivity index (χ0n) is 9.19. The van der Waals surface area contributed by atoms with E-state index in [1.807, 2.05) is 30.5 Å². The van der Waals surface area contributed by atoms with Gasteiger partial charge in [-0.1, -0.05) is 0 Å². The summed E-state index contributed by atoms with van der Waals surface area (Å²) in [6.07, 6.45) is 1.69. The largest absolute Gasteiger partial charge is 0.449 e. The van der Waals surface area contributed by atoms with E-state index in [0.717, 1.165) is 5.69 Å². The number of thioether (sulfide) groups is 1. The molecular formula is C11H15NO2S. The Morgan fingerprint density at radius 1 is 1.40 bits per heavy atom. The summed E-state index contributed by atoms with van der Waals surface area (Å²) in [6, 6.07) is 7.77. The summed E-state index contributed by atoms with van der Waals surface area (Å²) < 4.78 is 4.90. The second-order valence-corrected chi connectivity index (χ2v) is 3.84. The average Bonchev–Trinajstić information content (AvgIpc) is 2.28. The molecule has 0 fully saturated rings. The van der Waals surface area contributed by atoms with Gasteiger partial charge in [0.25, 0.3) is 0 Å². The van der Waals surface area contributed by atoms with Gasteiger partial charge in [-0.3, -0.25) is 4.90 Å². The van der Waals surface area contributed by atoms with Crippen LogP contribution in [0.3, 0.4) is 0 Å². The molecule has 15 heavy (non-hydrogen) atoms. The van der Waals surface area contributed by atoms with Gasteiger partial charge in [-0.2, -0.15) is 0 Å². The molecule has 4 heteroatoms. The van der Waals surface area contributed by atoms with Crippen LogP contribution in [0.2, 0.25) is 0 Å². The third kappa shape index (κ3) is 3.16. The van der Waals surface area contributed by atoms with E-state index in [-0.39, 0.29) is 6.09 Å². The normalized spacial score (nSPS) is 9.80. The molecule has 0 heterocycles. The molecule has 0 aliphatic carbocycles. The van der Waals surface area contributed by atoms with Crippen LogP contribution in [0.25, 0.3) is 0 Å². The van der Waals surface area contributed by atoms with Crippen LogP contribution in [-0.2, 0) is 4.74 Å². The third-order valence-electron chi connectivity index (χ3n) is 2.00. The Hall–Kier alpha value is -1.16. The SMILES string of the molecule is CCOC(=O)N(C)c1ccc(SC)cc1. The summed E-state index contributed by atoms with van der Waals surface area (Å²) in [7, 11) is 1.70. The maximum Gasteiger partial charge on any atom is 0.413 e. The van der Waals surface area contributed by atoms with Crippen molar-refractivity contribution in [2.45, 2.75) is 11.8 Å². The Kier molecular flexibility index (Phi) is 4.49. The fraction of sp³-hybridized carbons (Fsp3) is 0.364. The number of ether oxygens (including phenoxy) is 1. The average molecular weight is 225 g/mol. The molecule has 0 atom stereocenters. The summed E-state index contributed by atoms with van der Waals surface area (Å²) in [5.74, 6) is 0. The maximum atomic E-state index is 11.4. The van der Waals surface area contributed by atoms with Crippen LogP contribution in [0.4, 0.5) is 10.5 Å². The molecule has 1 rings (SSSR count). The molecule has 0 N–H and O–H groups in total. The van der Waals surface area contributed by atoms with Crippen LogP contribution in [0.1, 0.15) is 6.92 Å². The minimum atomic E-state index is -0.325. The third-order valence-corrected chi connectivity index (χ3v) is 2.74. The summed E-state index contributed by atoms with van der Waals surface area (Å²) >= 11 is 1.67. The first kappa shape index (κ1) is 11.9. The maximum absolute atomic E-state index is 11.4. The van der Waals surface area contributed by atoms with Crippen LogP contribution in [0.5, 0.6) is 0 Å². The first-order chi connectivity index (χ1) is 7.19. The Morgan fingerprint density at radius 2 is 2.00 bits per heavy atom. The van der Waals surface area contributed by atoms with E-state index in [2.05, 4.69) is 0 Å². The zero-order chi connectivity index (χ0) is 11.3. The number of benzene rings is 1. The monoisotopic (exact) mass is 225 g/mol. The van der Waals surface area contributed by atoms with Crippen molar-refractivity contribution in [2.24, 2.45) is 0 Å². The molecule has 0 bridgehead atoms. The molecule has 1 aromatic carbocycles. The van der Waals surface area contributed by atoms with Crippen LogP contribution in [0, 0.1) is 0 Å². The van der Waals surface area contributed by atoms with Gasteiger partial charge < -0.3 is 4.74 Å². The van der Waals surface area contributed by atoms with Gasteiger partial charge in [0.05, 0.1) is 6.61 Å². The quantitative estimate of drug-likeness (QED) is 0.741. The molecule has 0 spiro atoms. The van der Waals surface area contributed by atoms with Gasteiger partial charge >= 0.3 is 6.09 Å². The smallest absolute Gasteiger partial charge is 0.413 e. The van der Waals surface area contributed by atoms with Crippen molar-refractivity contribution in [3.05, 3.63) is 24.3 Å². The fourth-order valence-corrected chi connectivity index (χ4v) is 1.54. The van der Waals surface area contributed by atoms with Gasteiger partial charge in [0.15, 0.2) is 0 Å². The first-order valence-corrected chi connectivity index (χ1v) is 5.96. The number of anilines is 1. The van der Waals surface area contributed by atoms with Crippen LogP contribution in [-0.4, -0.2) is 26.0 Å². The lowest BCUT2D eigenvalue weighted by atomic mass is 10.3. The molecule has 0 aliphatic heterocycles. The van der Waals surface area contributed by atoms with Crippen molar-refractivity contribution >= 4 is 23.5 Å². The number of rotatable bonds is 3. The Bertz CT molecular complexity index is 324. The summed E-state index contributed by atoms with van der Waals surface area (Å²) in [5, 5.41) is 0. The highest BCUT2D eigenvalue weighted by molar-refractivity contribution is 7.98. The lowest BCUT2D eigenvalue weighted by Gasteiger charge is -2.16. The standard InChI is InChI=1S/C11H15NO2S/c1-4-14-11(13)12(2)9-5-7-10(15-3)8-6-9/h5-8H,4H2,1-3H3. The lowest BCUT2D eigenvalue weighted by molar-refractivity contribution is 0.161. The number of hydrogen-bond donors (Lipinski definition) is 0. The predicted octanol–water partition coefficient (Wildman–Crippen LogP) is 3.00. The first-order valence-electron chi connectivity index (χ1n) is 4.73. The lowest BCUT2D eigenvalue weighted by Crippen LogP contribution is -2.26. The molecule has 0 radical (unpaired) electrons. The topological polar surface area (TPSA) is 29.5 Å². The van der Waals surface area contributed by atoms with Crippen LogP contribution < -0.4 is 4.90 Å². The molecule has 0 aromatic heterocycles. The number of nitrogens with zero attached hydrogens (tertiary/aromatic N) is 1. The molecular weight excluding hydrogens is 210 g/mol. The van der Waals surface area contributed by atoms with Crippen molar-refractivity contribution < 1.29 is 9.53 Å². The number of hydrogen-bond acceptors (Lipinski definition) is 3. The van der Waals surface area contributed by atoms with E-state index in [0.29, 0.717) is 6.61 Å². The molecule has 82 valence electrons. The summed E-state index contributed by atoms with van der Waals surface area (Å²) in [6.45, 7) is 2.19. The molecule has 0 unspecified atom stereocenters. The van der Waals surface area contributed by atoms with Gasteiger partial charge in [0.1, 0.15) is 0 Å². The van der Waals surface area contributed by atoms with E-state index < -0.39 is 0 Å². The number of carbonyl (C=O) groups excluding carboxylic acids is 1. The molecule has 0 saturated heterocycles. The van der Waals surface area contributed by atoms with Gasteiger partial charge in [-0.25, -0.2) is 4.79 Å². The molecule has 0 aliphatic rings. The van der Waals surface area contributed by atoms with Crippen molar-refractivity contribution in [2.75, 3.05) is 24.8 Å². The number of carbonyl (C=O) groups is 1. The highest BCUT2D eigenvalue weighted by Gasteiger charge is 2.10. The van der Waals surface area contributed by atoms with E-state index in [4.69, 9.17) is 4.74 Å². The Labute approximate surface area is 94.4 Å². The Balaban J connectivity index is 2.73. The summed E-state index contributed by atoms with van der Waals surface area (Å²) in [4.78, 5) is 14.1. The summed E-state index contributed by atoms with van der Waals surface area (Å²) in [5.41, 5.74) is 0.839. The molecule has 0 saturated carbocycles. The van der Waals surface area contributed by atoms with Crippen molar-refractivity contribution in [1.29, 1.82) is 0 Å². The molecule has 3 nitrogen and oxygen atoms in total. The van der Waals surface area contributed by atoms with E-state index in [9.17, 15) is 4.79 Å². The van der Waals surface area contributed by atoms with Crippen molar-refractivity contribution in [1.82, 2.24) is 0 Å². The van der Waals surface area contributed by atoms with E-state index in [1.165, 1.54) is 9.80 Å². The Morgan fingerprint density at radius 3 is 2.47 bits per heavy atom. The van der Waals surface area contributed by atoms with Crippen LogP contribution in [0.15, 0.2) is 29.2 Å². The van der Waals surface area contributed by atoms with Gasteiger partial charge in [0, 0.05) is 17.6 Å². The van der Waals surface area contributed by atoms with Crippen molar-refractivity contribution in [3.63, 3.8) is 0 Å². The fourth-order valence-electron chi connectivity index (χ4n) is 1.13. The van der Waals surface area contributed by atoms with E-state index >= 15 is 0 Å². The minimum Gasteiger partial charge on any atom is -0.449 e.